The molecule has 7 nitrogen and oxygen atoms in total. The van der Waals surface area contributed by atoms with Gasteiger partial charge in [0.2, 0.25) is 5.95 Å². The molecule has 10 heteroatoms. The van der Waals surface area contributed by atoms with Gasteiger partial charge in [-0.15, -0.1) is 5.10 Å². The highest BCUT2D eigenvalue weighted by molar-refractivity contribution is 6.42. The Morgan fingerprint density at radius 3 is 2.81 bits per heavy atom. The second kappa shape index (κ2) is 9.20. The number of halogens is 3. The molecule has 4 aromatic rings. The predicted octanol–water partition coefficient (Wildman–Crippen LogP) is 5.20. The van der Waals surface area contributed by atoms with Gasteiger partial charge in [-0.05, 0) is 30.3 Å². The van der Waals surface area contributed by atoms with Gasteiger partial charge >= 0.3 is 0 Å². The van der Waals surface area contributed by atoms with Gasteiger partial charge in [0.15, 0.2) is 5.76 Å². The maximum atomic E-state index is 13.8. The van der Waals surface area contributed by atoms with Crippen molar-refractivity contribution < 1.29 is 18.3 Å². The summed E-state index contributed by atoms with van der Waals surface area (Å²) >= 11 is 12.0. The number of nitrogens with zero attached hydrogens (tertiary/aromatic N) is 3. The Bertz CT molecular complexity index is 1220. The lowest BCUT2D eigenvalue weighted by Gasteiger charge is -2.07. The Balaban J connectivity index is 1.35. The van der Waals surface area contributed by atoms with E-state index < -0.39 is 5.91 Å². The summed E-state index contributed by atoms with van der Waals surface area (Å²) in [7, 11) is 0. The summed E-state index contributed by atoms with van der Waals surface area (Å²) in [4.78, 5) is 16.4. The maximum absolute atomic E-state index is 13.8. The average Bonchev–Trinajstić information content (AvgIpc) is 3.40. The van der Waals surface area contributed by atoms with Crippen molar-refractivity contribution in [3.05, 3.63) is 93.9 Å². The third-order valence-corrected chi connectivity index (χ3v) is 5.03. The number of anilines is 1. The number of hydrogen-bond donors (Lipinski definition) is 1. The number of ether oxygens (including phenoxy) is 1. The SMILES string of the molecule is O=C(Nc1ncn(Cc2ccccc2F)n1)c1ccc(COc2cccc(Cl)c2Cl)o1. The van der Waals surface area contributed by atoms with Crippen molar-refractivity contribution in [2.45, 2.75) is 13.2 Å². The molecule has 2 heterocycles. The standard InChI is InChI=1S/C21H15Cl2FN4O3/c22-15-5-3-7-17(19(15)23)30-11-14-8-9-18(31-14)20(29)26-21-25-12-28(27-21)10-13-4-1-2-6-16(13)24/h1-9,12H,10-11H2,(H,26,27,29). The van der Waals surface area contributed by atoms with E-state index in [1.807, 2.05) is 0 Å². The zero-order valence-electron chi connectivity index (χ0n) is 15.9. The van der Waals surface area contributed by atoms with E-state index in [0.717, 1.165) is 0 Å². The number of amides is 1. The lowest BCUT2D eigenvalue weighted by molar-refractivity contribution is 0.0991. The molecule has 2 aromatic carbocycles. The minimum Gasteiger partial charge on any atom is -0.484 e. The molecule has 2 aromatic heterocycles. The number of benzene rings is 2. The van der Waals surface area contributed by atoms with Crippen molar-refractivity contribution in [2.75, 3.05) is 5.32 Å². The van der Waals surface area contributed by atoms with Gasteiger partial charge in [0.05, 0.1) is 11.6 Å². The zero-order valence-corrected chi connectivity index (χ0v) is 17.4. The Morgan fingerprint density at radius 1 is 1.13 bits per heavy atom. The highest BCUT2D eigenvalue weighted by Crippen LogP contribution is 2.32. The third-order valence-electron chi connectivity index (χ3n) is 4.22. The molecule has 0 aliphatic rings. The molecule has 0 spiro atoms. The third kappa shape index (κ3) is 5.04. The summed E-state index contributed by atoms with van der Waals surface area (Å²) in [6.07, 6.45) is 1.40. The maximum Gasteiger partial charge on any atom is 0.293 e. The van der Waals surface area contributed by atoms with Crippen molar-refractivity contribution in [3.8, 4) is 5.75 Å². The van der Waals surface area contributed by atoms with Gasteiger partial charge in [-0.1, -0.05) is 47.5 Å². The van der Waals surface area contributed by atoms with Crippen molar-refractivity contribution in [1.29, 1.82) is 0 Å². The molecule has 0 fully saturated rings. The molecular weight excluding hydrogens is 446 g/mol. The largest absolute Gasteiger partial charge is 0.484 e. The molecule has 0 saturated carbocycles. The van der Waals surface area contributed by atoms with E-state index in [2.05, 4.69) is 15.4 Å². The fourth-order valence-electron chi connectivity index (χ4n) is 2.71. The second-order valence-electron chi connectivity index (χ2n) is 6.42. The van der Waals surface area contributed by atoms with Crippen molar-refractivity contribution in [2.24, 2.45) is 0 Å². The second-order valence-corrected chi connectivity index (χ2v) is 7.20. The van der Waals surface area contributed by atoms with E-state index in [1.54, 1.807) is 42.5 Å². The lowest BCUT2D eigenvalue weighted by Crippen LogP contribution is -2.12. The number of carbonyl (C=O) groups is 1. The summed E-state index contributed by atoms with van der Waals surface area (Å²) in [5.74, 6) is 0.0755. The summed E-state index contributed by atoms with van der Waals surface area (Å²) in [6, 6.07) is 14.5. The van der Waals surface area contributed by atoms with Crippen molar-refractivity contribution >= 4 is 35.1 Å². The van der Waals surface area contributed by atoms with Crippen LogP contribution in [-0.2, 0) is 13.2 Å². The lowest BCUT2D eigenvalue weighted by atomic mass is 10.2. The van der Waals surface area contributed by atoms with Crippen LogP contribution >= 0.6 is 23.2 Å². The van der Waals surface area contributed by atoms with Gasteiger partial charge in [0, 0.05) is 5.56 Å². The molecule has 1 N–H and O–H groups in total. The van der Waals surface area contributed by atoms with Crippen LogP contribution in [0.5, 0.6) is 5.75 Å². The molecule has 0 aliphatic heterocycles. The molecule has 4 rings (SSSR count). The topological polar surface area (TPSA) is 82.2 Å². The zero-order chi connectivity index (χ0) is 21.8. The van der Waals surface area contributed by atoms with Crippen LogP contribution in [0.3, 0.4) is 0 Å². The van der Waals surface area contributed by atoms with Gasteiger partial charge in [-0.3, -0.25) is 10.1 Å². The Kier molecular flexibility index (Phi) is 6.20. The van der Waals surface area contributed by atoms with Crippen molar-refractivity contribution in [3.63, 3.8) is 0 Å². The summed E-state index contributed by atoms with van der Waals surface area (Å²) in [5.41, 5.74) is 0.459. The highest BCUT2D eigenvalue weighted by Gasteiger charge is 2.15. The molecule has 0 radical (unpaired) electrons. The monoisotopic (exact) mass is 460 g/mol. The number of carbonyl (C=O) groups excluding carboxylic acids is 1. The van der Waals surface area contributed by atoms with Crippen LogP contribution in [0, 0.1) is 5.82 Å². The Labute approximate surface area is 186 Å². The molecule has 31 heavy (non-hydrogen) atoms. The van der Waals surface area contributed by atoms with Gasteiger partial charge in [0.25, 0.3) is 5.91 Å². The van der Waals surface area contributed by atoms with Gasteiger partial charge in [-0.2, -0.15) is 0 Å². The van der Waals surface area contributed by atoms with E-state index in [4.69, 9.17) is 32.4 Å². The number of hydrogen-bond acceptors (Lipinski definition) is 5. The van der Waals surface area contributed by atoms with Crippen LogP contribution in [-0.4, -0.2) is 20.7 Å². The quantitative estimate of drug-likeness (QED) is 0.409. The fourth-order valence-corrected chi connectivity index (χ4v) is 3.06. The fraction of sp³-hybridized carbons (Fsp3) is 0.0952. The highest BCUT2D eigenvalue weighted by atomic mass is 35.5. The number of rotatable bonds is 7. The first kappa shape index (κ1) is 20.9. The Hall–Kier alpha value is -3.36. The van der Waals surface area contributed by atoms with Crippen LogP contribution in [0.2, 0.25) is 10.0 Å². The summed E-state index contributed by atoms with van der Waals surface area (Å²) in [6.45, 7) is 0.243. The Morgan fingerprint density at radius 2 is 1.97 bits per heavy atom. The molecule has 0 unspecified atom stereocenters. The number of aromatic nitrogens is 3. The first-order valence-electron chi connectivity index (χ1n) is 9.09. The predicted molar refractivity (Wildman–Crippen MR) is 113 cm³/mol. The average molecular weight is 461 g/mol. The van der Waals surface area contributed by atoms with Crippen LogP contribution in [0.15, 0.2) is 65.3 Å². The van der Waals surface area contributed by atoms with E-state index >= 15 is 0 Å². The van der Waals surface area contributed by atoms with E-state index in [-0.39, 0.29) is 30.7 Å². The van der Waals surface area contributed by atoms with Crippen LogP contribution < -0.4 is 10.1 Å². The number of furan rings is 1. The van der Waals surface area contributed by atoms with Crippen LogP contribution in [0.1, 0.15) is 21.9 Å². The van der Waals surface area contributed by atoms with Gasteiger partial charge in [0.1, 0.15) is 35.3 Å². The van der Waals surface area contributed by atoms with Gasteiger partial charge in [-0.25, -0.2) is 14.1 Å². The van der Waals surface area contributed by atoms with Crippen LogP contribution in [0.4, 0.5) is 10.3 Å². The van der Waals surface area contributed by atoms with E-state index in [1.165, 1.54) is 23.1 Å². The summed E-state index contributed by atoms with van der Waals surface area (Å²) < 4.78 is 26.3. The smallest absolute Gasteiger partial charge is 0.293 e. The van der Waals surface area contributed by atoms with E-state index in [9.17, 15) is 9.18 Å². The van der Waals surface area contributed by atoms with Crippen molar-refractivity contribution in [1.82, 2.24) is 14.8 Å². The minimum absolute atomic E-state index is 0.0567. The minimum atomic E-state index is -0.532. The van der Waals surface area contributed by atoms with E-state index in [0.29, 0.717) is 27.1 Å². The van der Waals surface area contributed by atoms with Crippen LogP contribution in [0.25, 0.3) is 0 Å². The molecule has 0 atom stereocenters. The molecule has 0 saturated heterocycles. The summed E-state index contributed by atoms with van der Waals surface area (Å²) in [5, 5.41) is 7.33. The number of nitrogens with one attached hydrogen (secondary N) is 1. The molecular formula is C21H15Cl2FN4O3. The normalized spacial score (nSPS) is 10.8. The molecule has 0 bridgehead atoms. The molecule has 158 valence electrons. The first-order valence-corrected chi connectivity index (χ1v) is 9.85. The molecule has 0 aliphatic carbocycles. The van der Waals surface area contributed by atoms with Gasteiger partial charge < -0.3 is 9.15 Å². The molecule has 1 amide bonds. The first-order chi connectivity index (χ1) is 15.0.